The van der Waals surface area contributed by atoms with Gasteiger partial charge in [-0.25, -0.2) is 0 Å². The number of carboxylic acid groups (broad SMARTS) is 1. The molecule has 2 aliphatic rings. The number of benzene rings is 1. The van der Waals surface area contributed by atoms with Crippen molar-refractivity contribution in [3.8, 4) is 0 Å². The number of aryl methyl sites for hydroxylation is 1. The van der Waals surface area contributed by atoms with Crippen LogP contribution in [0.2, 0.25) is 0 Å². The van der Waals surface area contributed by atoms with E-state index >= 15 is 0 Å². The van der Waals surface area contributed by atoms with E-state index in [2.05, 4.69) is 22.4 Å². The Kier molecular flexibility index (Phi) is 7.05. The molecule has 3 heterocycles. The van der Waals surface area contributed by atoms with Crippen LogP contribution in [-0.4, -0.2) is 59.0 Å². The predicted octanol–water partition coefficient (Wildman–Crippen LogP) is 4.40. The van der Waals surface area contributed by atoms with Crippen molar-refractivity contribution in [1.29, 1.82) is 0 Å². The zero-order valence-electron chi connectivity index (χ0n) is 17.6. The molecule has 2 aromatic rings. The number of carbonyl (C=O) groups is 2. The Labute approximate surface area is 182 Å². The number of fused-ring (bicyclic) bond motifs is 1. The Morgan fingerprint density at radius 3 is 2.53 bits per heavy atom. The smallest absolute Gasteiger partial charge is 0.304 e. The van der Waals surface area contributed by atoms with Crippen LogP contribution in [0.4, 0.5) is 0 Å². The van der Waals surface area contributed by atoms with Crippen LogP contribution in [0.15, 0.2) is 29.6 Å². The number of amides is 1. The first kappa shape index (κ1) is 21.3. The molecular formula is C24H32N2O3S. The second-order valence-electron chi connectivity index (χ2n) is 8.74. The third-order valence-electron chi connectivity index (χ3n) is 6.78. The second kappa shape index (κ2) is 9.92. The molecule has 162 valence electrons. The molecule has 1 amide bonds. The third kappa shape index (κ3) is 5.03. The summed E-state index contributed by atoms with van der Waals surface area (Å²) in [6.45, 7) is 3.90. The Balaban J connectivity index is 1.36. The fourth-order valence-corrected chi connectivity index (χ4v) is 6.07. The van der Waals surface area contributed by atoms with Crippen molar-refractivity contribution in [2.24, 2.45) is 5.92 Å². The molecule has 1 aromatic heterocycles. The SMILES string of the molecule is O=C(O)C[C@H](CCc1csc2ccccc12)C(=O)N1CCC(N2CCCCC2)CC1. The van der Waals surface area contributed by atoms with Crippen molar-refractivity contribution in [3.63, 3.8) is 0 Å². The first-order valence-corrected chi connectivity index (χ1v) is 12.2. The summed E-state index contributed by atoms with van der Waals surface area (Å²) in [4.78, 5) is 29.2. The number of piperidine rings is 2. The van der Waals surface area contributed by atoms with Gasteiger partial charge < -0.3 is 14.9 Å². The Morgan fingerprint density at radius 2 is 1.80 bits per heavy atom. The fourth-order valence-electron chi connectivity index (χ4n) is 5.07. The molecule has 1 atom stereocenters. The molecule has 1 N–H and O–H groups in total. The van der Waals surface area contributed by atoms with Gasteiger partial charge in [-0.2, -0.15) is 0 Å². The number of carboxylic acids is 1. The summed E-state index contributed by atoms with van der Waals surface area (Å²) in [5.41, 5.74) is 1.22. The van der Waals surface area contributed by atoms with Crippen LogP contribution < -0.4 is 0 Å². The maximum absolute atomic E-state index is 13.2. The highest BCUT2D eigenvalue weighted by Gasteiger charge is 2.31. The highest BCUT2D eigenvalue weighted by atomic mass is 32.1. The van der Waals surface area contributed by atoms with E-state index in [9.17, 15) is 14.7 Å². The van der Waals surface area contributed by atoms with E-state index in [1.165, 1.54) is 48.0 Å². The van der Waals surface area contributed by atoms with Gasteiger partial charge in [0.2, 0.25) is 5.91 Å². The zero-order chi connectivity index (χ0) is 20.9. The van der Waals surface area contributed by atoms with Crippen LogP contribution in [0.5, 0.6) is 0 Å². The van der Waals surface area contributed by atoms with Crippen LogP contribution in [0.1, 0.15) is 50.5 Å². The summed E-state index contributed by atoms with van der Waals surface area (Å²) in [5, 5.41) is 12.8. The molecule has 6 heteroatoms. The molecule has 0 spiro atoms. The molecule has 0 saturated carbocycles. The molecule has 0 radical (unpaired) electrons. The largest absolute Gasteiger partial charge is 0.481 e. The van der Waals surface area contributed by atoms with Gasteiger partial charge in [-0.3, -0.25) is 9.59 Å². The monoisotopic (exact) mass is 428 g/mol. The molecule has 2 aliphatic heterocycles. The van der Waals surface area contributed by atoms with Crippen LogP contribution in [0.25, 0.3) is 10.1 Å². The summed E-state index contributed by atoms with van der Waals surface area (Å²) in [5.74, 6) is -1.28. The number of nitrogens with zero attached hydrogens (tertiary/aromatic N) is 2. The minimum atomic E-state index is -0.883. The molecule has 4 rings (SSSR count). The van der Waals surface area contributed by atoms with E-state index in [1.54, 1.807) is 11.3 Å². The molecule has 0 unspecified atom stereocenters. The third-order valence-corrected chi connectivity index (χ3v) is 7.79. The van der Waals surface area contributed by atoms with Gasteiger partial charge in [-0.15, -0.1) is 11.3 Å². The van der Waals surface area contributed by atoms with Crippen molar-refractivity contribution in [2.75, 3.05) is 26.2 Å². The maximum Gasteiger partial charge on any atom is 0.304 e. The summed E-state index contributed by atoms with van der Waals surface area (Å²) >= 11 is 1.71. The molecular weight excluding hydrogens is 396 g/mol. The first-order chi connectivity index (χ1) is 14.6. The number of hydrogen-bond donors (Lipinski definition) is 1. The quantitative estimate of drug-likeness (QED) is 0.710. The molecule has 0 aliphatic carbocycles. The second-order valence-corrected chi connectivity index (χ2v) is 9.65. The molecule has 2 fully saturated rings. The highest BCUT2D eigenvalue weighted by molar-refractivity contribution is 7.17. The summed E-state index contributed by atoms with van der Waals surface area (Å²) < 4.78 is 1.24. The molecule has 30 heavy (non-hydrogen) atoms. The van der Waals surface area contributed by atoms with E-state index < -0.39 is 11.9 Å². The maximum atomic E-state index is 13.2. The predicted molar refractivity (Wildman–Crippen MR) is 121 cm³/mol. The zero-order valence-corrected chi connectivity index (χ0v) is 18.4. The molecule has 2 saturated heterocycles. The fraction of sp³-hybridized carbons (Fsp3) is 0.583. The number of likely N-dealkylation sites (tertiary alicyclic amines) is 2. The van der Waals surface area contributed by atoms with Crippen LogP contribution in [0, 0.1) is 5.92 Å². The number of thiophene rings is 1. The summed E-state index contributed by atoms with van der Waals surface area (Å²) in [6.07, 6.45) is 7.21. The Morgan fingerprint density at radius 1 is 1.07 bits per heavy atom. The lowest BCUT2D eigenvalue weighted by Crippen LogP contribution is -2.49. The van der Waals surface area contributed by atoms with E-state index in [-0.39, 0.29) is 12.3 Å². The van der Waals surface area contributed by atoms with Crippen LogP contribution >= 0.6 is 11.3 Å². The number of aliphatic carboxylic acids is 1. The molecule has 5 nitrogen and oxygen atoms in total. The van der Waals surface area contributed by atoms with Gasteiger partial charge >= 0.3 is 5.97 Å². The lowest BCUT2D eigenvalue weighted by Gasteiger charge is -2.41. The van der Waals surface area contributed by atoms with Gasteiger partial charge in [0.05, 0.1) is 6.42 Å². The van der Waals surface area contributed by atoms with Crippen LogP contribution in [0.3, 0.4) is 0 Å². The van der Waals surface area contributed by atoms with Gasteiger partial charge in [-0.05, 0) is 74.0 Å². The average Bonchev–Trinajstić information content (AvgIpc) is 3.20. The van der Waals surface area contributed by atoms with E-state index in [0.29, 0.717) is 12.5 Å². The van der Waals surface area contributed by atoms with Gasteiger partial charge in [-0.1, -0.05) is 24.6 Å². The normalized spacial score (nSPS) is 19.8. The number of hydrogen-bond acceptors (Lipinski definition) is 4. The van der Waals surface area contributed by atoms with Crippen molar-refractivity contribution < 1.29 is 14.7 Å². The van der Waals surface area contributed by atoms with Gasteiger partial charge in [0.1, 0.15) is 0 Å². The van der Waals surface area contributed by atoms with Crippen molar-refractivity contribution in [1.82, 2.24) is 9.80 Å². The molecule has 1 aromatic carbocycles. The highest BCUT2D eigenvalue weighted by Crippen LogP contribution is 2.29. The van der Waals surface area contributed by atoms with Crippen molar-refractivity contribution >= 4 is 33.3 Å². The minimum absolute atomic E-state index is 0.0361. The van der Waals surface area contributed by atoms with E-state index in [0.717, 1.165) is 32.4 Å². The van der Waals surface area contributed by atoms with E-state index in [4.69, 9.17) is 0 Å². The lowest BCUT2D eigenvalue weighted by atomic mass is 9.93. The Hall–Kier alpha value is -1.92. The summed E-state index contributed by atoms with van der Waals surface area (Å²) in [6, 6.07) is 8.87. The lowest BCUT2D eigenvalue weighted by molar-refractivity contribution is -0.145. The van der Waals surface area contributed by atoms with E-state index in [1.807, 2.05) is 17.0 Å². The number of carbonyl (C=O) groups excluding carboxylic acids is 1. The summed E-state index contributed by atoms with van der Waals surface area (Å²) in [7, 11) is 0. The van der Waals surface area contributed by atoms with Gasteiger partial charge in [0.25, 0.3) is 0 Å². The molecule has 0 bridgehead atoms. The first-order valence-electron chi connectivity index (χ1n) is 11.3. The van der Waals surface area contributed by atoms with Crippen LogP contribution in [-0.2, 0) is 16.0 Å². The van der Waals surface area contributed by atoms with Crippen molar-refractivity contribution in [3.05, 3.63) is 35.2 Å². The standard InChI is InChI=1S/C24H32N2O3S/c27-23(28)16-18(8-9-19-17-30-22-7-3-2-6-21(19)22)24(29)26-14-10-20(11-15-26)25-12-4-1-5-13-25/h2-3,6-7,17-18,20H,1,4-5,8-16H2,(H,27,28)/t18-/m0/s1. The van der Waals surface area contributed by atoms with Crippen molar-refractivity contribution in [2.45, 2.75) is 57.4 Å². The minimum Gasteiger partial charge on any atom is -0.481 e. The van der Waals surface area contributed by atoms with Gasteiger partial charge in [0.15, 0.2) is 0 Å². The topological polar surface area (TPSA) is 60.9 Å². The van der Waals surface area contributed by atoms with Gasteiger partial charge in [0, 0.05) is 29.7 Å². The average molecular weight is 429 g/mol. The Bertz CT molecular complexity index is 866. The number of rotatable bonds is 7.